The third kappa shape index (κ3) is 1.68. The molecule has 0 spiro atoms. The van der Waals surface area contributed by atoms with Crippen LogP contribution < -0.4 is 0 Å². The molecule has 2 aromatic heterocycles. The number of rotatable bonds is 2. The van der Waals surface area contributed by atoms with Crippen molar-refractivity contribution < 1.29 is 9.90 Å². The summed E-state index contributed by atoms with van der Waals surface area (Å²) in [7, 11) is 0. The number of hydrogen-bond acceptors (Lipinski definition) is 3. The average Bonchev–Trinajstić information content (AvgIpc) is 2.88. The molecule has 90 valence electrons. The van der Waals surface area contributed by atoms with Crippen LogP contribution in [0.1, 0.15) is 10.5 Å². The number of imidazole rings is 1. The first-order valence-corrected chi connectivity index (χ1v) is 6.37. The van der Waals surface area contributed by atoms with Gasteiger partial charge in [-0.25, -0.2) is 9.78 Å². The van der Waals surface area contributed by atoms with E-state index in [2.05, 4.69) is 4.98 Å². The lowest BCUT2D eigenvalue weighted by atomic mass is 10.1. The summed E-state index contributed by atoms with van der Waals surface area (Å²) in [5.74, 6) is -0.995. The Morgan fingerprint density at radius 3 is 2.72 bits per heavy atom. The maximum absolute atomic E-state index is 11.4. The number of halogens is 1. The Bertz CT molecular complexity index is 730. The van der Waals surface area contributed by atoms with E-state index in [1.54, 1.807) is 40.2 Å². The first-order chi connectivity index (χ1) is 8.66. The largest absolute Gasteiger partial charge is 0.476 e. The first-order valence-electron chi connectivity index (χ1n) is 5.11. The lowest BCUT2D eigenvalue weighted by molar-refractivity contribution is 0.0690. The topological polar surface area (TPSA) is 54.6 Å². The minimum absolute atomic E-state index is 0.175. The fourth-order valence-electron chi connectivity index (χ4n) is 1.80. The Kier molecular flexibility index (Phi) is 2.57. The fraction of sp³-hybridized carbons (Fsp3) is 0. The van der Waals surface area contributed by atoms with Gasteiger partial charge in [-0.05, 0) is 12.1 Å². The van der Waals surface area contributed by atoms with E-state index in [1.165, 1.54) is 11.3 Å². The van der Waals surface area contributed by atoms with Gasteiger partial charge < -0.3 is 5.11 Å². The Morgan fingerprint density at radius 2 is 2.06 bits per heavy atom. The van der Waals surface area contributed by atoms with Crippen molar-refractivity contribution in [3.8, 4) is 11.3 Å². The van der Waals surface area contributed by atoms with Gasteiger partial charge >= 0.3 is 5.97 Å². The van der Waals surface area contributed by atoms with E-state index in [9.17, 15) is 9.90 Å². The van der Waals surface area contributed by atoms with Crippen LogP contribution in [-0.2, 0) is 0 Å². The van der Waals surface area contributed by atoms with Crippen molar-refractivity contribution in [2.75, 3.05) is 0 Å². The van der Waals surface area contributed by atoms with E-state index < -0.39 is 5.97 Å². The molecule has 0 aliphatic heterocycles. The van der Waals surface area contributed by atoms with Gasteiger partial charge in [0.2, 0.25) is 0 Å². The van der Waals surface area contributed by atoms with E-state index in [4.69, 9.17) is 11.6 Å². The molecule has 1 N–H and O–H groups in total. The molecule has 1 aromatic carbocycles. The molecule has 0 aliphatic carbocycles. The molecule has 3 aromatic rings. The summed E-state index contributed by atoms with van der Waals surface area (Å²) < 4.78 is 1.58. The van der Waals surface area contributed by atoms with Crippen molar-refractivity contribution in [3.05, 3.63) is 46.6 Å². The SMILES string of the molecule is O=C(O)c1c(-c2ccc(Cl)cc2)nc2sccn12. The smallest absolute Gasteiger partial charge is 0.355 e. The van der Waals surface area contributed by atoms with E-state index in [-0.39, 0.29) is 5.69 Å². The summed E-state index contributed by atoms with van der Waals surface area (Å²) in [6.07, 6.45) is 1.70. The minimum atomic E-state index is -0.995. The second kappa shape index (κ2) is 4.12. The van der Waals surface area contributed by atoms with Crippen LogP contribution in [-0.4, -0.2) is 20.5 Å². The van der Waals surface area contributed by atoms with Gasteiger partial charge in [-0.15, -0.1) is 11.3 Å². The lowest BCUT2D eigenvalue weighted by Gasteiger charge is -1.99. The molecule has 0 amide bonds. The van der Waals surface area contributed by atoms with Crippen LogP contribution in [0, 0.1) is 0 Å². The Labute approximate surface area is 111 Å². The molecule has 0 saturated carbocycles. The third-order valence-electron chi connectivity index (χ3n) is 2.58. The number of benzene rings is 1. The number of nitrogens with zero attached hydrogens (tertiary/aromatic N) is 2. The molecule has 18 heavy (non-hydrogen) atoms. The van der Waals surface area contributed by atoms with Crippen molar-refractivity contribution in [2.45, 2.75) is 0 Å². The highest BCUT2D eigenvalue weighted by atomic mass is 35.5. The summed E-state index contributed by atoms with van der Waals surface area (Å²) >= 11 is 7.22. The highest BCUT2D eigenvalue weighted by Crippen LogP contribution is 2.27. The minimum Gasteiger partial charge on any atom is -0.476 e. The highest BCUT2D eigenvalue weighted by molar-refractivity contribution is 7.15. The number of carbonyl (C=O) groups is 1. The molecule has 0 radical (unpaired) electrons. The Balaban J connectivity index is 2.27. The predicted octanol–water partition coefficient (Wildman–Crippen LogP) is 3.41. The number of hydrogen-bond donors (Lipinski definition) is 1. The zero-order valence-electron chi connectivity index (χ0n) is 9.00. The lowest BCUT2D eigenvalue weighted by Crippen LogP contribution is -2.02. The molecule has 0 aliphatic rings. The molecule has 3 rings (SSSR count). The summed E-state index contributed by atoms with van der Waals surface area (Å²) in [5, 5.41) is 11.7. The average molecular weight is 279 g/mol. The van der Waals surface area contributed by atoms with Gasteiger partial charge in [0, 0.05) is 22.2 Å². The Hall–Kier alpha value is -1.85. The number of aromatic nitrogens is 2. The van der Waals surface area contributed by atoms with Crippen LogP contribution in [0.5, 0.6) is 0 Å². The molecule has 0 atom stereocenters. The van der Waals surface area contributed by atoms with E-state index in [0.29, 0.717) is 15.7 Å². The summed E-state index contributed by atoms with van der Waals surface area (Å²) in [6.45, 7) is 0. The molecule has 0 bridgehead atoms. The van der Waals surface area contributed by atoms with Gasteiger partial charge in [-0.1, -0.05) is 23.7 Å². The maximum atomic E-state index is 11.4. The zero-order chi connectivity index (χ0) is 12.7. The van der Waals surface area contributed by atoms with Crippen molar-refractivity contribution >= 4 is 33.9 Å². The van der Waals surface area contributed by atoms with E-state index >= 15 is 0 Å². The second-order valence-electron chi connectivity index (χ2n) is 3.68. The number of carboxylic acids is 1. The summed E-state index contributed by atoms with van der Waals surface area (Å²) in [6, 6.07) is 6.97. The zero-order valence-corrected chi connectivity index (χ0v) is 10.6. The second-order valence-corrected chi connectivity index (χ2v) is 4.99. The molecule has 0 saturated heterocycles. The van der Waals surface area contributed by atoms with Crippen molar-refractivity contribution in [3.63, 3.8) is 0 Å². The van der Waals surface area contributed by atoms with Crippen LogP contribution in [0.2, 0.25) is 5.02 Å². The third-order valence-corrected chi connectivity index (χ3v) is 3.59. The van der Waals surface area contributed by atoms with Crippen molar-refractivity contribution in [1.82, 2.24) is 9.38 Å². The fourth-order valence-corrected chi connectivity index (χ4v) is 2.64. The van der Waals surface area contributed by atoms with Crippen LogP contribution in [0.15, 0.2) is 35.8 Å². The molecular formula is C12H7ClN2O2S. The number of aromatic carboxylic acids is 1. The quantitative estimate of drug-likeness (QED) is 0.781. The number of fused-ring (bicyclic) bond motifs is 1. The summed E-state index contributed by atoms with van der Waals surface area (Å²) in [5.41, 5.74) is 1.38. The van der Waals surface area contributed by atoms with Crippen molar-refractivity contribution in [2.24, 2.45) is 0 Å². The molecule has 0 unspecified atom stereocenters. The van der Waals surface area contributed by atoms with Crippen LogP contribution in [0.3, 0.4) is 0 Å². The Morgan fingerprint density at radius 1 is 1.33 bits per heavy atom. The van der Waals surface area contributed by atoms with Gasteiger partial charge in [0.1, 0.15) is 5.69 Å². The number of carboxylic acid groups (broad SMARTS) is 1. The normalized spacial score (nSPS) is 10.9. The maximum Gasteiger partial charge on any atom is 0.355 e. The standard InChI is InChI=1S/C12H7ClN2O2S/c13-8-3-1-7(2-4-8)9-10(11(16)17)15-5-6-18-12(15)14-9/h1-6H,(H,16,17). The summed E-state index contributed by atoms with van der Waals surface area (Å²) in [4.78, 5) is 16.4. The molecular weight excluding hydrogens is 272 g/mol. The molecule has 6 heteroatoms. The van der Waals surface area contributed by atoms with Gasteiger partial charge in [0.15, 0.2) is 10.7 Å². The molecule has 4 nitrogen and oxygen atoms in total. The van der Waals surface area contributed by atoms with Gasteiger partial charge in [0.25, 0.3) is 0 Å². The van der Waals surface area contributed by atoms with E-state index in [0.717, 1.165) is 5.56 Å². The first kappa shape index (κ1) is 11.3. The van der Waals surface area contributed by atoms with Gasteiger partial charge in [0.05, 0.1) is 0 Å². The van der Waals surface area contributed by atoms with Crippen LogP contribution in [0.4, 0.5) is 0 Å². The predicted molar refractivity (Wildman–Crippen MR) is 70.5 cm³/mol. The van der Waals surface area contributed by atoms with Crippen molar-refractivity contribution in [1.29, 1.82) is 0 Å². The van der Waals surface area contributed by atoms with Crippen LogP contribution >= 0.6 is 22.9 Å². The van der Waals surface area contributed by atoms with Gasteiger partial charge in [-0.2, -0.15) is 0 Å². The highest BCUT2D eigenvalue weighted by Gasteiger charge is 2.20. The van der Waals surface area contributed by atoms with Gasteiger partial charge in [-0.3, -0.25) is 4.40 Å². The van der Waals surface area contributed by atoms with E-state index in [1.807, 2.05) is 0 Å². The monoisotopic (exact) mass is 278 g/mol. The van der Waals surface area contributed by atoms with Crippen LogP contribution in [0.25, 0.3) is 16.2 Å². The molecule has 0 fully saturated rings. The molecule has 2 heterocycles. The number of thiazole rings is 1.